The van der Waals surface area contributed by atoms with Crippen molar-refractivity contribution < 1.29 is 14.3 Å². The van der Waals surface area contributed by atoms with Crippen molar-refractivity contribution >= 4 is 19.5 Å². The highest BCUT2D eigenvalue weighted by atomic mass is 32.1. The van der Waals surface area contributed by atoms with Crippen LogP contribution in [-0.4, -0.2) is 24.2 Å². The molecule has 1 aromatic carbocycles. The van der Waals surface area contributed by atoms with Crippen LogP contribution in [0, 0.1) is 5.82 Å². The highest BCUT2D eigenvalue weighted by Gasteiger charge is 2.16. The molecule has 84 valence electrons. The largest absolute Gasteiger partial charge is 0.480 e. The molecule has 0 unspecified atom stereocenters. The van der Waals surface area contributed by atoms with Crippen LogP contribution >= 0.6 is 13.5 Å². The first-order chi connectivity index (χ1) is 6.65. The third-order valence-corrected chi connectivity index (χ3v) is 2.03. The number of likely N-dealkylation sites (N-methyl/N-ethyl adjacent to an activating group) is 1. The molecule has 0 heterocycles. The Hall–Kier alpha value is -1.07. The number of rotatable bonds is 4. The van der Waals surface area contributed by atoms with Gasteiger partial charge in [-0.1, -0.05) is 18.2 Å². The molecule has 0 fully saturated rings. The molecular formula is C10H14FNO2S. The number of carboxylic acid groups (broad SMARTS) is 1. The minimum Gasteiger partial charge on any atom is -0.480 e. The molecule has 0 amide bonds. The summed E-state index contributed by atoms with van der Waals surface area (Å²) in [4.78, 5) is 10.7. The van der Waals surface area contributed by atoms with E-state index in [-0.39, 0.29) is 25.7 Å². The van der Waals surface area contributed by atoms with Crippen LogP contribution in [0.3, 0.4) is 0 Å². The summed E-state index contributed by atoms with van der Waals surface area (Å²) in [6.45, 7) is 0. The second-order valence-electron chi connectivity index (χ2n) is 2.98. The SMILES string of the molecule is CN[C@@H](Cc1ccccc1F)C(=O)O.S. The Kier molecular flexibility index (Phi) is 5.96. The lowest BCUT2D eigenvalue weighted by Crippen LogP contribution is -2.35. The molecule has 0 saturated carbocycles. The summed E-state index contributed by atoms with van der Waals surface area (Å²) >= 11 is 0. The van der Waals surface area contributed by atoms with Crippen molar-refractivity contribution in [1.29, 1.82) is 0 Å². The second kappa shape index (κ2) is 6.42. The molecule has 1 rings (SSSR count). The van der Waals surface area contributed by atoms with E-state index in [4.69, 9.17) is 5.11 Å². The third kappa shape index (κ3) is 3.89. The van der Waals surface area contributed by atoms with Crippen molar-refractivity contribution in [3.8, 4) is 0 Å². The van der Waals surface area contributed by atoms with E-state index in [2.05, 4.69) is 5.32 Å². The van der Waals surface area contributed by atoms with Crippen LogP contribution in [-0.2, 0) is 11.2 Å². The Morgan fingerprint density at radius 2 is 2.13 bits per heavy atom. The van der Waals surface area contributed by atoms with Crippen molar-refractivity contribution in [2.24, 2.45) is 0 Å². The number of hydrogen-bond donors (Lipinski definition) is 2. The van der Waals surface area contributed by atoms with E-state index >= 15 is 0 Å². The molecule has 0 saturated heterocycles. The van der Waals surface area contributed by atoms with Gasteiger partial charge in [0.25, 0.3) is 0 Å². The van der Waals surface area contributed by atoms with E-state index in [0.29, 0.717) is 5.56 Å². The number of carbonyl (C=O) groups is 1. The Balaban J connectivity index is 0.00000196. The van der Waals surface area contributed by atoms with E-state index in [1.807, 2.05) is 0 Å². The van der Waals surface area contributed by atoms with Crippen molar-refractivity contribution in [1.82, 2.24) is 5.32 Å². The van der Waals surface area contributed by atoms with Gasteiger partial charge in [0.15, 0.2) is 0 Å². The third-order valence-electron chi connectivity index (χ3n) is 2.03. The van der Waals surface area contributed by atoms with Crippen molar-refractivity contribution in [3.05, 3.63) is 35.6 Å². The Morgan fingerprint density at radius 3 is 2.60 bits per heavy atom. The zero-order valence-corrected chi connectivity index (χ0v) is 9.33. The lowest BCUT2D eigenvalue weighted by atomic mass is 10.1. The summed E-state index contributed by atoms with van der Waals surface area (Å²) in [6, 6.07) is 5.43. The van der Waals surface area contributed by atoms with Gasteiger partial charge >= 0.3 is 5.97 Å². The second-order valence-corrected chi connectivity index (χ2v) is 2.98. The van der Waals surface area contributed by atoms with Gasteiger partial charge in [0, 0.05) is 6.42 Å². The van der Waals surface area contributed by atoms with Crippen molar-refractivity contribution in [3.63, 3.8) is 0 Å². The lowest BCUT2D eigenvalue weighted by molar-refractivity contribution is -0.139. The Morgan fingerprint density at radius 1 is 1.53 bits per heavy atom. The number of hydrogen-bond acceptors (Lipinski definition) is 2. The summed E-state index contributed by atoms with van der Waals surface area (Å²) in [5.41, 5.74) is 0.411. The molecule has 5 heteroatoms. The first-order valence-electron chi connectivity index (χ1n) is 4.28. The standard InChI is InChI=1S/C10H12FNO2.H2S/c1-12-9(10(13)14)6-7-4-2-3-5-8(7)11;/h2-5,9,12H,6H2,1H3,(H,13,14);1H2/t9-;/m0./s1. The first-order valence-corrected chi connectivity index (χ1v) is 4.28. The normalized spacial score (nSPS) is 11.6. The number of aliphatic carboxylic acids is 1. The monoisotopic (exact) mass is 231 g/mol. The zero-order valence-electron chi connectivity index (χ0n) is 8.33. The van der Waals surface area contributed by atoms with Gasteiger partial charge in [0.2, 0.25) is 0 Å². The summed E-state index contributed by atoms with van der Waals surface area (Å²) in [7, 11) is 1.54. The summed E-state index contributed by atoms with van der Waals surface area (Å²) < 4.78 is 13.1. The van der Waals surface area contributed by atoms with E-state index in [1.54, 1.807) is 25.2 Å². The molecule has 2 N–H and O–H groups in total. The maximum absolute atomic E-state index is 13.1. The number of benzene rings is 1. The number of nitrogens with one attached hydrogen (secondary N) is 1. The molecule has 15 heavy (non-hydrogen) atoms. The van der Waals surface area contributed by atoms with Gasteiger partial charge in [0.1, 0.15) is 11.9 Å². The topological polar surface area (TPSA) is 49.3 Å². The molecule has 0 aliphatic rings. The number of carboxylic acids is 1. The predicted molar refractivity (Wildman–Crippen MR) is 61.0 cm³/mol. The lowest BCUT2D eigenvalue weighted by Gasteiger charge is -2.11. The molecule has 0 aliphatic heterocycles. The van der Waals surface area contributed by atoms with Gasteiger partial charge in [-0.05, 0) is 18.7 Å². The van der Waals surface area contributed by atoms with Crippen LogP contribution in [0.4, 0.5) is 4.39 Å². The molecule has 0 spiro atoms. The number of halogens is 1. The minimum atomic E-state index is -0.976. The zero-order chi connectivity index (χ0) is 10.6. The quantitative estimate of drug-likeness (QED) is 0.817. The van der Waals surface area contributed by atoms with E-state index in [1.165, 1.54) is 6.07 Å². The van der Waals surface area contributed by atoms with Gasteiger partial charge in [-0.2, -0.15) is 13.5 Å². The molecule has 0 aliphatic carbocycles. The van der Waals surface area contributed by atoms with Crippen LogP contribution in [0.5, 0.6) is 0 Å². The first kappa shape index (κ1) is 13.9. The van der Waals surface area contributed by atoms with Crippen LogP contribution in [0.1, 0.15) is 5.56 Å². The summed E-state index contributed by atoms with van der Waals surface area (Å²) in [5, 5.41) is 11.4. The van der Waals surface area contributed by atoms with Crippen LogP contribution < -0.4 is 5.32 Å². The fourth-order valence-electron chi connectivity index (χ4n) is 1.20. The molecule has 0 aromatic heterocycles. The smallest absolute Gasteiger partial charge is 0.321 e. The van der Waals surface area contributed by atoms with Crippen LogP contribution in [0.25, 0.3) is 0 Å². The maximum Gasteiger partial charge on any atom is 0.321 e. The Labute approximate surface area is 94.8 Å². The van der Waals surface area contributed by atoms with Gasteiger partial charge in [-0.15, -0.1) is 0 Å². The van der Waals surface area contributed by atoms with Gasteiger partial charge < -0.3 is 10.4 Å². The van der Waals surface area contributed by atoms with Crippen LogP contribution in [0.2, 0.25) is 0 Å². The van der Waals surface area contributed by atoms with Gasteiger partial charge in [-0.3, -0.25) is 4.79 Å². The molecular weight excluding hydrogens is 217 g/mol. The van der Waals surface area contributed by atoms with Crippen molar-refractivity contribution in [2.75, 3.05) is 7.05 Å². The van der Waals surface area contributed by atoms with E-state index < -0.39 is 12.0 Å². The highest BCUT2D eigenvalue weighted by molar-refractivity contribution is 7.59. The van der Waals surface area contributed by atoms with Crippen LogP contribution in [0.15, 0.2) is 24.3 Å². The molecule has 0 bridgehead atoms. The average Bonchev–Trinajstić information content (AvgIpc) is 2.16. The average molecular weight is 231 g/mol. The van der Waals surface area contributed by atoms with E-state index in [0.717, 1.165) is 0 Å². The fourth-order valence-corrected chi connectivity index (χ4v) is 1.20. The fraction of sp³-hybridized carbons (Fsp3) is 0.300. The molecule has 1 aromatic rings. The van der Waals surface area contributed by atoms with E-state index in [9.17, 15) is 9.18 Å². The highest BCUT2D eigenvalue weighted by Crippen LogP contribution is 2.08. The predicted octanol–water partition coefficient (Wildman–Crippen LogP) is 1.15. The minimum absolute atomic E-state index is 0. The molecule has 3 nitrogen and oxygen atoms in total. The van der Waals surface area contributed by atoms with Gasteiger partial charge in [-0.25, -0.2) is 4.39 Å². The summed E-state index contributed by atoms with van der Waals surface area (Å²) in [5.74, 6) is -1.34. The summed E-state index contributed by atoms with van der Waals surface area (Å²) in [6.07, 6.45) is 0.151. The van der Waals surface area contributed by atoms with Crippen molar-refractivity contribution in [2.45, 2.75) is 12.5 Å². The van der Waals surface area contributed by atoms with Gasteiger partial charge in [0.05, 0.1) is 0 Å². The molecule has 1 atom stereocenters. The Bertz CT molecular complexity index is 333. The molecule has 0 radical (unpaired) electrons. The maximum atomic E-state index is 13.1.